The number of esters is 1. The van der Waals surface area contributed by atoms with E-state index in [1.165, 1.54) is 30.6 Å². The van der Waals surface area contributed by atoms with Crippen LogP contribution < -0.4 is 14.2 Å². The first-order chi connectivity index (χ1) is 20.3. The minimum atomic E-state index is -0.665. The number of fused-ring (bicyclic) bond motifs is 1. The number of likely N-dealkylation sites (tertiary alicyclic amines) is 1. The average molecular weight is 597 g/mol. The maximum absolute atomic E-state index is 13.9. The molecule has 4 rings (SSSR count). The van der Waals surface area contributed by atoms with E-state index >= 15 is 0 Å². The van der Waals surface area contributed by atoms with E-state index in [1.807, 2.05) is 12.1 Å². The first-order valence-electron chi connectivity index (χ1n) is 14.6. The summed E-state index contributed by atoms with van der Waals surface area (Å²) in [4.78, 5) is 15.6. The van der Waals surface area contributed by atoms with Crippen molar-refractivity contribution >= 4 is 27.4 Å². The van der Waals surface area contributed by atoms with Gasteiger partial charge in [0.2, 0.25) is 5.75 Å². The van der Waals surface area contributed by atoms with Crippen molar-refractivity contribution in [3.63, 3.8) is 0 Å². The summed E-state index contributed by atoms with van der Waals surface area (Å²) in [6.45, 7) is 4.80. The van der Waals surface area contributed by atoms with Crippen LogP contribution in [0.15, 0.2) is 30.3 Å². The van der Waals surface area contributed by atoms with Crippen molar-refractivity contribution in [3.05, 3.63) is 52.2 Å². The zero-order valence-electron chi connectivity index (χ0n) is 25.3. The first kappa shape index (κ1) is 31.6. The average Bonchev–Trinajstić information content (AvgIpc) is 3.40. The SMILES string of the molecule is CCCCC(C#N)(CCCN1CCC(c2c(C(=O)OC)sc3cc(F)ccc23)CC1)c1cc(OC)c(OC)c(OC)c1. The molecule has 42 heavy (non-hydrogen) atoms. The second-order valence-electron chi connectivity index (χ2n) is 10.9. The number of methoxy groups -OCH3 is 4. The Morgan fingerprint density at radius 3 is 2.29 bits per heavy atom. The molecular weight excluding hydrogens is 555 g/mol. The van der Waals surface area contributed by atoms with Crippen molar-refractivity contribution in [3.8, 4) is 23.3 Å². The molecule has 0 radical (unpaired) electrons. The van der Waals surface area contributed by atoms with E-state index in [0.29, 0.717) is 22.1 Å². The van der Waals surface area contributed by atoms with Gasteiger partial charge in [-0.05, 0) is 98.4 Å². The molecule has 1 unspecified atom stereocenters. The standard InChI is InChI=1S/C33H41FN2O5S/c1-6-7-13-33(21-35,23-18-26(38-2)30(40-4)27(19-23)39-3)14-8-15-36-16-11-22(12-17-36)29-25-10-9-24(34)20-28(25)42-31(29)32(37)41-5/h9-10,18-20,22H,6-8,11-17H2,1-5H3. The predicted molar refractivity (Wildman–Crippen MR) is 164 cm³/mol. The van der Waals surface area contributed by atoms with Crippen molar-refractivity contribution in [2.24, 2.45) is 0 Å². The quantitative estimate of drug-likeness (QED) is 0.189. The number of carbonyl (C=O) groups excluding carboxylic acids is 1. The number of ether oxygens (including phenoxy) is 4. The summed E-state index contributed by atoms with van der Waals surface area (Å²) < 4.78 is 36.5. The maximum Gasteiger partial charge on any atom is 0.348 e. The lowest BCUT2D eigenvalue weighted by molar-refractivity contribution is 0.0604. The summed E-state index contributed by atoms with van der Waals surface area (Å²) in [5.41, 5.74) is 1.22. The zero-order chi connectivity index (χ0) is 30.3. The van der Waals surface area contributed by atoms with Crippen molar-refractivity contribution in [1.82, 2.24) is 4.90 Å². The lowest BCUT2D eigenvalue weighted by Crippen LogP contribution is -2.35. The third-order valence-corrected chi connectivity index (χ3v) is 9.67. The molecule has 7 nitrogen and oxygen atoms in total. The van der Waals surface area contributed by atoms with Crippen molar-refractivity contribution in [2.45, 2.75) is 63.2 Å². The van der Waals surface area contributed by atoms with Crippen LogP contribution in [0.4, 0.5) is 4.39 Å². The molecule has 1 aliphatic rings. The number of nitrogens with zero attached hydrogens (tertiary/aromatic N) is 2. The summed E-state index contributed by atoms with van der Waals surface area (Å²) in [7, 11) is 6.15. The minimum Gasteiger partial charge on any atom is -0.493 e. The van der Waals surface area contributed by atoms with Gasteiger partial charge in [0.05, 0.1) is 39.9 Å². The Morgan fingerprint density at radius 1 is 1.05 bits per heavy atom. The molecule has 0 aliphatic carbocycles. The number of rotatable bonds is 13. The zero-order valence-corrected chi connectivity index (χ0v) is 26.1. The van der Waals surface area contributed by atoms with Gasteiger partial charge in [-0.1, -0.05) is 25.8 Å². The molecule has 0 spiro atoms. The lowest BCUT2D eigenvalue weighted by Gasteiger charge is -2.34. The van der Waals surface area contributed by atoms with E-state index in [1.54, 1.807) is 27.4 Å². The highest BCUT2D eigenvalue weighted by molar-refractivity contribution is 7.21. The molecule has 2 heterocycles. The van der Waals surface area contributed by atoms with Crippen molar-refractivity contribution in [2.75, 3.05) is 48.1 Å². The normalized spacial score (nSPS) is 15.6. The fraction of sp³-hybridized carbons (Fsp3) is 0.515. The summed E-state index contributed by atoms with van der Waals surface area (Å²) in [5.74, 6) is 1.17. The molecule has 0 amide bonds. The second kappa shape index (κ2) is 14.2. The van der Waals surface area contributed by atoms with Gasteiger partial charge < -0.3 is 23.8 Å². The monoisotopic (exact) mass is 596 g/mol. The second-order valence-corrected chi connectivity index (χ2v) is 12.0. The minimum absolute atomic E-state index is 0.205. The number of thiophene rings is 1. The summed E-state index contributed by atoms with van der Waals surface area (Å²) in [6.07, 6.45) is 6.08. The third-order valence-electron chi connectivity index (χ3n) is 8.52. The van der Waals surface area contributed by atoms with Gasteiger partial charge in [0.15, 0.2) is 11.5 Å². The van der Waals surface area contributed by atoms with Crippen molar-refractivity contribution in [1.29, 1.82) is 5.26 Å². The highest BCUT2D eigenvalue weighted by Crippen LogP contribution is 2.45. The number of nitriles is 1. The molecule has 1 atom stereocenters. The van der Waals surface area contributed by atoms with Gasteiger partial charge >= 0.3 is 5.97 Å². The molecule has 1 saturated heterocycles. The fourth-order valence-corrected chi connectivity index (χ4v) is 7.45. The smallest absolute Gasteiger partial charge is 0.348 e. The third kappa shape index (κ3) is 6.50. The number of piperidine rings is 1. The molecule has 2 aromatic carbocycles. The van der Waals surface area contributed by atoms with Gasteiger partial charge in [0, 0.05) is 4.70 Å². The molecule has 1 fully saturated rings. The molecule has 0 saturated carbocycles. The molecule has 1 aliphatic heterocycles. The van der Waals surface area contributed by atoms with Crippen LogP contribution in [0.2, 0.25) is 0 Å². The number of halogens is 1. The van der Waals surface area contributed by atoms with E-state index in [4.69, 9.17) is 18.9 Å². The molecule has 226 valence electrons. The molecular formula is C33H41FN2O5S. The number of unbranched alkanes of at least 4 members (excludes halogenated alkanes) is 1. The molecule has 0 bridgehead atoms. The maximum atomic E-state index is 13.9. The van der Waals surface area contributed by atoms with E-state index in [-0.39, 0.29) is 17.7 Å². The van der Waals surface area contributed by atoms with Crippen LogP contribution in [0, 0.1) is 17.1 Å². The summed E-state index contributed by atoms with van der Waals surface area (Å²) in [5, 5.41) is 11.5. The number of hydrogen-bond donors (Lipinski definition) is 0. The Bertz CT molecular complexity index is 1400. The highest BCUT2D eigenvalue weighted by Gasteiger charge is 2.34. The molecule has 9 heteroatoms. The van der Waals surface area contributed by atoms with Crippen LogP contribution in [0.25, 0.3) is 10.1 Å². The Kier molecular flexibility index (Phi) is 10.7. The van der Waals surface area contributed by atoms with E-state index in [0.717, 1.165) is 85.8 Å². The lowest BCUT2D eigenvalue weighted by atomic mass is 9.74. The number of carbonyl (C=O) groups is 1. The molecule has 3 aromatic rings. The largest absolute Gasteiger partial charge is 0.493 e. The van der Waals surface area contributed by atoms with Crippen LogP contribution in [0.5, 0.6) is 17.2 Å². The first-order valence-corrected chi connectivity index (χ1v) is 15.4. The van der Waals surface area contributed by atoms with Crippen LogP contribution in [-0.2, 0) is 10.2 Å². The van der Waals surface area contributed by atoms with Gasteiger partial charge in [-0.3, -0.25) is 0 Å². The van der Waals surface area contributed by atoms with Crippen LogP contribution in [-0.4, -0.2) is 58.9 Å². The predicted octanol–water partition coefficient (Wildman–Crippen LogP) is 7.46. The highest BCUT2D eigenvalue weighted by atomic mass is 32.1. The molecule has 1 aromatic heterocycles. The van der Waals surface area contributed by atoms with Gasteiger partial charge in [0.25, 0.3) is 0 Å². The van der Waals surface area contributed by atoms with Crippen molar-refractivity contribution < 1.29 is 28.1 Å². The van der Waals surface area contributed by atoms with Gasteiger partial charge in [-0.2, -0.15) is 5.26 Å². The number of hydrogen-bond acceptors (Lipinski definition) is 8. The summed E-state index contributed by atoms with van der Waals surface area (Å²) in [6, 6.07) is 11.3. The summed E-state index contributed by atoms with van der Waals surface area (Å²) >= 11 is 1.31. The van der Waals surface area contributed by atoms with Gasteiger partial charge in [0.1, 0.15) is 10.7 Å². The Balaban J connectivity index is 1.47. The number of benzene rings is 2. The van der Waals surface area contributed by atoms with Gasteiger partial charge in [-0.25, -0.2) is 9.18 Å². The molecule has 0 N–H and O–H groups in total. The van der Waals surface area contributed by atoms with Crippen LogP contribution in [0.3, 0.4) is 0 Å². The topological polar surface area (TPSA) is 81.0 Å². The van der Waals surface area contributed by atoms with Crippen LogP contribution in [0.1, 0.15) is 78.6 Å². The van der Waals surface area contributed by atoms with E-state index in [2.05, 4.69) is 17.9 Å². The Morgan fingerprint density at radius 2 is 1.71 bits per heavy atom. The van der Waals surface area contributed by atoms with E-state index in [9.17, 15) is 14.4 Å². The fourth-order valence-electron chi connectivity index (χ4n) is 6.22. The van der Waals surface area contributed by atoms with Gasteiger partial charge in [-0.15, -0.1) is 11.3 Å². The Hall–Kier alpha value is -3.35. The van der Waals surface area contributed by atoms with E-state index < -0.39 is 5.41 Å². The Labute approximate surface area is 252 Å². The van der Waals surface area contributed by atoms with Crippen LogP contribution >= 0.6 is 11.3 Å².